The number of aryl methyl sites for hydroxylation is 1. The van der Waals surface area contributed by atoms with Gasteiger partial charge in [-0.2, -0.15) is 5.10 Å². The highest BCUT2D eigenvalue weighted by Crippen LogP contribution is 2.19. The molecule has 0 aliphatic carbocycles. The number of hydrogen-bond donors (Lipinski definition) is 0. The number of rotatable bonds is 6. The van der Waals surface area contributed by atoms with Crippen molar-refractivity contribution in [1.82, 2.24) is 19.7 Å². The van der Waals surface area contributed by atoms with Gasteiger partial charge < -0.3 is 4.90 Å². The summed E-state index contributed by atoms with van der Waals surface area (Å²) in [5, 5.41) is 4.00. The summed E-state index contributed by atoms with van der Waals surface area (Å²) in [6.07, 6.45) is 3.51. The molecule has 0 radical (unpaired) electrons. The van der Waals surface area contributed by atoms with Crippen LogP contribution in [0.15, 0.2) is 67.3 Å². The Morgan fingerprint density at radius 3 is 2.42 bits per heavy atom. The first-order valence-electron chi connectivity index (χ1n) is 7.93. The summed E-state index contributed by atoms with van der Waals surface area (Å²) >= 11 is 0. The van der Waals surface area contributed by atoms with Gasteiger partial charge in [0.2, 0.25) is 5.91 Å². The van der Waals surface area contributed by atoms with Crippen LogP contribution in [-0.4, -0.2) is 32.6 Å². The highest BCUT2D eigenvalue weighted by Gasteiger charge is 2.09. The van der Waals surface area contributed by atoms with E-state index in [1.807, 2.05) is 25.2 Å². The van der Waals surface area contributed by atoms with Crippen LogP contribution < -0.4 is 0 Å². The third-order valence-electron chi connectivity index (χ3n) is 3.93. The van der Waals surface area contributed by atoms with Crippen LogP contribution in [0.25, 0.3) is 11.1 Å². The molecule has 0 unspecified atom stereocenters. The van der Waals surface area contributed by atoms with E-state index >= 15 is 0 Å². The van der Waals surface area contributed by atoms with E-state index in [-0.39, 0.29) is 5.91 Å². The van der Waals surface area contributed by atoms with Crippen LogP contribution in [0.4, 0.5) is 0 Å². The molecule has 2 aromatic carbocycles. The second kappa shape index (κ2) is 7.55. The van der Waals surface area contributed by atoms with Crippen LogP contribution in [0.2, 0.25) is 0 Å². The number of hydrogen-bond acceptors (Lipinski definition) is 3. The third kappa shape index (κ3) is 4.07. The maximum atomic E-state index is 12.2. The summed E-state index contributed by atoms with van der Waals surface area (Å²) in [7, 11) is 1.83. The lowest BCUT2D eigenvalue weighted by Gasteiger charge is -2.17. The van der Waals surface area contributed by atoms with Gasteiger partial charge in [-0.3, -0.25) is 9.48 Å². The summed E-state index contributed by atoms with van der Waals surface area (Å²) in [6.45, 7) is 1.15. The molecule has 0 saturated heterocycles. The Bertz CT molecular complexity index is 767. The van der Waals surface area contributed by atoms with Crippen molar-refractivity contribution < 1.29 is 4.79 Å². The molecule has 0 bridgehead atoms. The zero-order valence-electron chi connectivity index (χ0n) is 13.7. The normalized spacial score (nSPS) is 10.5. The van der Waals surface area contributed by atoms with Crippen molar-refractivity contribution in [2.45, 2.75) is 19.5 Å². The first kappa shape index (κ1) is 15.9. The fourth-order valence-corrected chi connectivity index (χ4v) is 2.54. The maximum Gasteiger partial charge on any atom is 0.224 e. The van der Waals surface area contributed by atoms with Crippen LogP contribution in [0.5, 0.6) is 0 Å². The van der Waals surface area contributed by atoms with E-state index in [4.69, 9.17) is 0 Å². The first-order valence-corrected chi connectivity index (χ1v) is 7.93. The summed E-state index contributed by atoms with van der Waals surface area (Å²) < 4.78 is 1.67. The molecule has 1 heterocycles. The second-order valence-electron chi connectivity index (χ2n) is 5.72. The molecule has 122 valence electrons. The van der Waals surface area contributed by atoms with E-state index in [1.54, 1.807) is 15.9 Å². The molecule has 0 aliphatic rings. The van der Waals surface area contributed by atoms with E-state index in [0.29, 0.717) is 19.5 Å². The lowest BCUT2D eigenvalue weighted by atomic mass is 10.0. The van der Waals surface area contributed by atoms with Gasteiger partial charge in [0, 0.05) is 20.0 Å². The predicted octanol–water partition coefficient (Wildman–Crippen LogP) is 2.99. The van der Waals surface area contributed by atoms with Gasteiger partial charge in [0.25, 0.3) is 0 Å². The lowest BCUT2D eigenvalue weighted by molar-refractivity contribution is -0.130. The minimum Gasteiger partial charge on any atom is -0.341 e. The summed E-state index contributed by atoms with van der Waals surface area (Å²) in [6, 6.07) is 18.6. The third-order valence-corrected chi connectivity index (χ3v) is 3.93. The van der Waals surface area contributed by atoms with Crippen molar-refractivity contribution in [3.05, 3.63) is 72.8 Å². The van der Waals surface area contributed by atoms with Crippen molar-refractivity contribution in [2.75, 3.05) is 7.05 Å². The fourth-order valence-electron chi connectivity index (χ4n) is 2.54. The molecule has 1 aromatic heterocycles. The molecule has 24 heavy (non-hydrogen) atoms. The zero-order valence-corrected chi connectivity index (χ0v) is 13.7. The molecule has 5 heteroatoms. The van der Waals surface area contributed by atoms with Crippen LogP contribution in [-0.2, 0) is 17.9 Å². The van der Waals surface area contributed by atoms with E-state index in [2.05, 4.69) is 46.5 Å². The molecule has 3 aromatic rings. The van der Waals surface area contributed by atoms with Gasteiger partial charge in [-0.1, -0.05) is 54.6 Å². The van der Waals surface area contributed by atoms with E-state index in [9.17, 15) is 4.79 Å². The number of carbonyl (C=O) groups is 1. The topological polar surface area (TPSA) is 51.0 Å². The van der Waals surface area contributed by atoms with Crippen LogP contribution in [0, 0.1) is 0 Å². The van der Waals surface area contributed by atoms with Crippen molar-refractivity contribution in [2.24, 2.45) is 0 Å². The van der Waals surface area contributed by atoms with Crippen LogP contribution in [0.1, 0.15) is 12.0 Å². The molecule has 0 aliphatic heterocycles. The van der Waals surface area contributed by atoms with E-state index in [0.717, 1.165) is 5.56 Å². The van der Waals surface area contributed by atoms with Crippen molar-refractivity contribution in [1.29, 1.82) is 0 Å². The van der Waals surface area contributed by atoms with Gasteiger partial charge in [-0.05, 0) is 16.7 Å². The Morgan fingerprint density at radius 1 is 1.04 bits per heavy atom. The van der Waals surface area contributed by atoms with Gasteiger partial charge in [0.05, 0.1) is 6.54 Å². The molecule has 5 nitrogen and oxygen atoms in total. The maximum absolute atomic E-state index is 12.2. The average molecular weight is 320 g/mol. The molecule has 1 amide bonds. The average Bonchev–Trinajstić information content (AvgIpc) is 3.14. The van der Waals surface area contributed by atoms with Gasteiger partial charge in [0.15, 0.2) is 0 Å². The largest absolute Gasteiger partial charge is 0.341 e. The van der Waals surface area contributed by atoms with Crippen LogP contribution in [0.3, 0.4) is 0 Å². The second-order valence-corrected chi connectivity index (χ2v) is 5.72. The van der Waals surface area contributed by atoms with E-state index < -0.39 is 0 Å². The van der Waals surface area contributed by atoms with Gasteiger partial charge in [-0.25, -0.2) is 4.98 Å². The number of benzene rings is 2. The Balaban J connectivity index is 1.56. The zero-order chi connectivity index (χ0) is 16.8. The molecular weight excluding hydrogens is 300 g/mol. The number of amides is 1. The molecule has 0 N–H and O–H groups in total. The van der Waals surface area contributed by atoms with Gasteiger partial charge in [0.1, 0.15) is 12.7 Å². The molecule has 0 saturated carbocycles. The monoisotopic (exact) mass is 320 g/mol. The van der Waals surface area contributed by atoms with Crippen molar-refractivity contribution in [3.8, 4) is 11.1 Å². The first-order chi connectivity index (χ1) is 11.7. The summed E-state index contributed by atoms with van der Waals surface area (Å²) in [5.74, 6) is 0.0950. The SMILES string of the molecule is CN(Cc1ccc(-c2ccccc2)cc1)C(=O)CCn1cncn1. The standard InChI is InChI=1S/C19H20N4O/c1-22(19(24)11-12-23-15-20-14-21-23)13-16-7-9-18(10-8-16)17-5-3-2-4-6-17/h2-10,14-15H,11-13H2,1H3. The van der Waals surface area contributed by atoms with E-state index in [1.165, 1.54) is 17.5 Å². The quantitative estimate of drug-likeness (QED) is 0.701. The smallest absolute Gasteiger partial charge is 0.224 e. The molecule has 0 fully saturated rings. The Kier molecular flexibility index (Phi) is 5.01. The van der Waals surface area contributed by atoms with Gasteiger partial charge in [-0.15, -0.1) is 0 Å². The minimum absolute atomic E-state index is 0.0950. The minimum atomic E-state index is 0.0950. The Morgan fingerprint density at radius 2 is 1.75 bits per heavy atom. The summed E-state index contributed by atoms with van der Waals surface area (Å²) in [4.78, 5) is 17.8. The number of nitrogens with zero attached hydrogens (tertiary/aromatic N) is 4. The van der Waals surface area contributed by atoms with Crippen LogP contribution >= 0.6 is 0 Å². The highest BCUT2D eigenvalue weighted by atomic mass is 16.2. The molecule has 0 atom stereocenters. The highest BCUT2D eigenvalue weighted by molar-refractivity contribution is 5.75. The van der Waals surface area contributed by atoms with Gasteiger partial charge >= 0.3 is 0 Å². The van der Waals surface area contributed by atoms with Crippen molar-refractivity contribution >= 4 is 5.91 Å². The summed E-state index contributed by atoms with van der Waals surface area (Å²) in [5.41, 5.74) is 3.49. The molecule has 0 spiro atoms. The molecular formula is C19H20N4O. The predicted molar refractivity (Wildman–Crippen MR) is 93.0 cm³/mol. The number of carbonyl (C=O) groups excluding carboxylic acids is 1. The Hall–Kier alpha value is -2.95. The van der Waals surface area contributed by atoms with Crippen molar-refractivity contribution in [3.63, 3.8) is 0 Å². The fraction of sp³-hybridized carbons (Fsp3) is 0.211. The Labute approximate surface area is 141 Å². The molecule has 3 rings (SSSR count). The number of aromatic nitrogens is 3. The lowest BCUT2D eigenvalue weighted by Crippen LogP contribution is -2.27.